The van der Waals surface area contributed by atoms with Crippen LogP contribution in [0.25, 0.3) is 10.8 Å². The van der Waals surface area contributed by atoms with Crippen molar-refractivity contribution >= 4 is 53.8 Å². The lowest BCUT2D eigenvalue weighted by Gasteiger charge is -2.35. The number of primary amides is 1. The Morgan fingerprint density at radius 2 is 1.84 bits per heavy atom. The van der Waals surface area contributed by atoms with E-state index in [4.69, 9.17) is 5.73 Å². The van der Waals surface area contributed by atoms with Gasteiger partial charge in [0.15, 0.2) is 0 Å². The van der Waals surface area contributed by atoms with Crippen LogP contribution in [0.4, 0.5) is 0 Å². The summed E-state index contributed by atoms with van der Waals surface area (Å²) < 4.78 is 11.8. The van der Waals surface area contributed by atoms with Gasteiger partial charge in [-0.2, -0.15) is 0 Å². The van der Waals surface area contributed by atoms with Gasteiger partial charge in [-0.05, 0) is 35.6 Å². The molecule has 3 rings (SSSR count). The van der Waals surface area contributed by atoms with Gasteiger partial charge in [-0.3, -0.25) is 23.7 Å². The summed E-state index contributed by atoms with van der Waals surface area (Å²) in [7, 11) is -3.30. The second-order valence-electron chi connectivity index (χ2n) is 9.18. The van der Waals surface area contributed by atoms with E-state index in [9.17, 15) is 33.5 Å². The zero-order valence-corrected chi connectivity index (χ0v) is 22.7. The smallest absolute Gasteiger partial charge is 0.338 e. The number of piperidine rings is 1. The number of carbonyl (C=O) groups excluding carboxylic acids is 4. The molecule has 0 aliphatic carbocycles. The van der Waals surface area contributed by atoms with E-state index in [-0.39, 0.29) is 12.2 Å². The molecule has 3 unspecified atom stereocenters. The van der Waals surface area contributed by atoms with Crippen molar-refractivity contribution in [3.63, 3.8) is 0 Å². The zero-order valence-electron chi connectivity index (χ0n) is 21.0. The number of amides is 4. The van der Waals surface area contributed by atoms with E-state index >= 15 is 0 Å². The van der Waals surface area contributed by atoms with Gasteiger partial charge in [-0.15, -0.1) is 11.8 Å². The fraction of sp³-hybridized carbons (Fsp3) is 0.440. The van der Waals surface area contributed by atoms with Gasteiger partial charge in [0.25, 0.3) is 0 Å². The van der Waals surface area contributed by atoms with Gasteiger partial charge < -0.3 is 31.1 Å². The predicted molar refractivity (Wildman–Crippen MR) is 145 cm³/mol. The molecule has 0 spiro atoms. The maximum atomic E-state index is 13.2. The number of benzene rings is 2. The summed E-state index contributed by atoms with van der Waals surface area (Å²) in [6.45, 7) is 0.291. The summed E-state index contributed by atoms with van der Waals surface area (Å²) in [5.74, 6) is -2.56. The maximum Gasteiger partial charge on any atom is 0.338 e. The van der Waals surface area contributed by atoms with Crippen LogP contribution in [0, 0.1) is 0 Å². The largest absolute Gasteiger partial charge is 0.368 e. The molecule has 2 aromatic carbocycles. The van der Waals surface area contributed by atoms with Crippen LogP contribution in [0.3, 0.4) is 0 Å². The molecule has 6 N–H and O–H groups in total. The van der Waals surface area contributed by atoms with E-state index in [0.717, 1.165) is 16.3 Å². The molecule has 206 valence electrons. The Hall–Kier alpha value is -2.92. The molecule has 38 heavy (non-hydrogen) atoms. The average Bonchev–Trinajstić information content (AvgIpc) is 2.89. The summed E-state index contributed by atoms with van der Waals surface area (Å²) in [5.41, 5.74) is 6.42. The lowest BCUT2D eigenvalue weighted by molar-refractivity contribution is -0.141. The Labute approximate surface area is 225 Å². The standard InChI is InChI=1S/C25H33N4O7PS/c1-27-21(30)14-23(37(34,35)36)38-15-22(31)29-11-5-4-8-20(29)25(33)28-19(24(26)32)13-16-9-10-17-6-2-3-7-18(17)12-16/h2-3,6-7,9-10,12,19-20,23H,4-5,8,11,13-15H2,1H3,(H2,26,32)(H,27,30)(H,28,33)(H2,34,35,36). The minimum Gasteiger partial charge on any atom is -0.368 e. The number of thioether (sulfide) groups is 1. The van der Waals surface area contributed by atoms with Crippen molar-refractivity contribution in [3.8, 4) is 0 Å². The van der Waals surface area contributed by atoms with E-state index in [1.54, 1.807) is 0 Å². The molecule has 3 atom stereocenters. The van der Waals surface area contributed by atoms with Crippen molar-refractivity contribution in [2.24, 2.45) is 5.73 Å². The highest BCUT2D eigenvalue weighted by Crippen LogP contribution is 2.49. The molecular formula is C25H33N4O7PS. The molecule has 11 nitrogen and oxygen atoms in total. The molecule has 1 heterocycles. The molecule has 1 saturated heterocycles. The number of carbonyl (C=O) groups is 4. The number of hydrogen-bond acceptors (Lipinski definition) is 6. The summed E-state index contributed by atoms with van der Waals surface area (Å²) in [6.07, 6.45) is 1.48. The van der Waals surface area contributed by atoms with Crippen molar-refractivity contribution in [2.45, 2.75) is 49.2 Å². The van der Waals surface area contributed by atoms with E-state index in [0.29, 0.717) is 37.6 Å². The quantitative estimate of drug-likeness (QED) is 0.252. The van der Waals surface area contributed by atoms with Gasteiger partial charge in [0, 0.05) is 26.4 Å². The second kappa shape index (κ2) is 13.2. The molecule has 1 aliphatic rings. The number of nitrogens with one attached hydrogen (secondary N) is 2. The Balaban J connectivity index is 1.67. The number of rotatable bonds is 11. The Kier molecular flexibility index (Phi) is 10.3. The minimum absolute atomic E-state index is 0.186. The lowest BCUT2D eigenvalue weighted by Crippen LogP contribution is -2.56. The van der Waals surface area contributed by atoms with Gasteiger partial charge >= 0.3 is 7.60 Å². The number of nitrogens with two attached hydrogens (primary N) is 1. The van der Waals surface area contributed by atoms with Crippen LogP contribution in [-0.2, 0) is 30.2 Å². The highest BCUT2D eigenvalue weighted by molar-refractivity contribution is 8.05. The van der Waals surface area contributed by atoms with Gasteiger partial charge in [0.1, 0.15) is 17.1 Å². The first-order valence-electron chi connectivity index (χ1n) is 12.2. The van der Waals surface area contributed by atoms with Gasteiger partial charge in [0.05, 0.1) is 5.75 Å². The Morgan fingerprint density at radius 1 is 1.13 bits per heavy atom. The van der Waals surface area contributed by atoms with E-state index in [1.807, 2.05) is 42.5 Å². The molecule has 13 heteroatoms. The normalized spacial score (nSPS) is 17.4. The number of likely N-dealkylation sites (tertiary alicyclic amines) is 1. The van der Waals surface area contributed by atoms with Crippen molar-refractivity contribution in [3.05, 3.63) is 48.0 Å². The third-order valence-corrected chi connectivity index (χ3v) is 9.62. The van der Waals surface area contributed by atoms with Crippen LogP contribution in [0.1, 0.15) is 31.2 Å². The van der Waals surface area contributed by atoms with Crippen LogP contribution in [0.5, 0.6) is 0 Å². The van der Waals surface area contributed by atoms with Crippen molar-refractivity contribution < 1.29 is 33.5 Å². The number of hydrogen-bond donors (Lipinski definition) is 5. The molecule has 2 aromatic rings. The number of nitrogens with zero attached hydrogens (tertiary/aromatic N) is 1. The molecule has 4 amide bonds. The Morgan fingerprint density at radius 3 is 2.50 bits per heavy atom. The monoisotopic (exact) mass is 564 g/mol. The molecule has 0 aromatic heterocycles. The fourth-order valence-electron chi connectivity index (χ4n) is 4.38. The second-order valence-corrected chi connectivity index (χ2v) is 12.5. The van der Waals surface area contributed by atoms with Gasteiger partial charge in [-0.1, -0.05) is 42.5 Å². The van der Waals surface area contributed by atoms with Crippen LogP contribution in [-0.4, -0.2) is 74.7 Å². The van der Waals surface area contributed by atoms with Crippen LogP contribution in [0.2, 0.25) is 0 Å². The zero-order chi connectivity index (χ0) is 27.9. The molecule has 1 aliphatic heterocycles. The summed E-state index contributed by atoms with van der Waals surface area (Å²) in [6, 6.07) is 11.7. The van der Waals surface area contributed by atoms with Crippen LogP contribution >= 0.6 is 19.4 Å². The van der Waals surface area contributed by atoms with E-state index in [1.165, 1.54) is 11.9 Å². The summed E-state index contributed by atoms with van der Waals surface area (Å²) in [5, 5.41) is 7.05. The average molecular weight is 565 g/mol. The van der Waals surface area contributed by atoms with Crippen LogP contribution < -0.4 is 16.4 Å². The molecule has 1 fully saturated rings. The SMILES string of the molecule is CNC(=O)CC(SCC(=O)N1CCCCC1C(=O)NC(Cc1ccc2ccccc2c1)C(N)=O)P(=O)(O)O. The number of fused-ring (bicyclic) bond motifs is 1. The van der Waals surface area contributed by atoms with E-state index in [2.05, 4.69) is 10.6 Å². The summed E-state index contributed by atoms with van der Waals surface area (Å²) in [4.78, 5) is 69.3. The molecular weight excluding hydrogens is 531 g/mol. The molecule has 0 bridgehead atoms. The fourth-order valence-corrected chi connectivity index (χ4v) is 6.55. The maximum absolute atomic E-state index is 13.2. The first kappa shape index (κ1) is 29.6. The minimum atomic E-state index is -4.65. The Bertz CT molecular complexity index is 1240. The summed E-state index contributed by atoms with van der Waals surface area (Å²) >= 11 is 0.688. The topological polar surface area (TPSA) is 179 Å². The van der Waals surface area contributed by atoms with Crippen LogP contribution in [0.15, 0.2) is 42.5 Å². The molecule has 0 radical (unpaired) electrons. The molecule has 0 saturated carbocycles. The first-order chi connectivity index (χ1) is 18.0. The van der Waals surface area contributed by atoms with Crippen molar-refractivity contribution in [2.75, 3.05) is 19.3 Å². The highest BCUT2D eigenvalue weighted by atomic mass is 32.2. The predicted octanol–water partition coefficient (Wildman–Crippen LogP) is 1.11. The van der Waals surface area contributed by atoms with Gasteiger partial charge in [-0.25, -0.2) is 0 Å². The van der Waals surface area contributed by atoms with Gasteiger partial charge in [0.2, 0.25) is 23.6 Å². The van der Waals surface area contributed by atoms with E-state index < -0.39 is 54.7 Å². The third kappa shape index (κ3) is 8.04. The lowest BCUT2D eigenvalue weighted by atomic mass is 9.99. The van der Waals surface area contributed by atoms with Crippen molar-refractivity contribution in [1.29, 1.82) is 0 Å². The van der Waals surface area contributed by atoms with Crippen molar-refractivity contribution in [1.82, 2.24) is 15.5 Å². The third-order valence-electron chi connectivity index (χ3n) is 6.45. The first-order valence-corrected chi connectivity index (χ1v) is 15.0. The highest BCUT2D eigenvalue weighted by Gasteiger charge is 2.36.